The Bertz CT molecular complexity index is 611. The number of rotatable bonds is 5. The number of ether oxygens (including phenoxy) is 1. The van der Waals surface area contributed by atoms with E-state index in [9.17, 15) is 0 Å². The number of anilines is 1. The molecule has 0 amide bonds. The van der Waals surface area contributed by atoms with E-state index in [0.717, 1.165) is 22.6 Å². The molecule has 2 N–H and O–H groups in total. The maximum Gasteiger partial charge on any atom is 0.121 e. The molecule has 2 aromatic rings. The molecule has 104 valence electrons. The minimum atomic E-state index is 0.395. The van der Waals surface area contributed by atoms with Crippen molar-refractivity contribution >= 4 is 22.9 Å². The van der Waals surface area contributed by atoms with Gasteiger partial charge in [-0.05, 0) is 17.7 Å². The van der Waals surface area contributed by atoms with Crippen molar-refractivity contribution in [2.75, 3.05) is 19.0 Å². The number of nitrogens with two attached hydrogens (primary N) is 1. The molecule has 0 heterocycles. The lowest BCUT2D eigenvalue weighted by atomic mass is 10.1. The predicted molar refractivity (Wildman–Crippen MR) is 87.4 cm³/mol. The van der Waals surface area contributed by atoms with Crippen molar-refractivity contribution in [3.63, 3.8) is 0 Å². The summed E-state index contributed by atoms with van der Waals surface area (Å²) < 4.78 is 5.83. The van der Waals surface area contributed by atoms with Gasteiger partial charge in [-0.25, -0.2) is 0 Å². The van der Waals surface area contributed by atoms with Gasteiger partial charge in [-0.15, -0.1) is 0 Å². The van der Waals surface area contributed by atoms with Crippen molar-refractivity contribution in [3.05, 3.63) is 59.7 Å². The van der Waals surface area contributed by atoms with Gasteiger partial charge >= 0.3 is 0 Å². The van der Waals surface area contributed by atoms with Gasteiger partial charge in [0.2, 0.25) is 0 Å². The largest absolute Gasteiger partial charge is 0.489 e. The number of hydrogen-bond donors (Lipinski definition) is 1. The topological polar surface area (TPSA) is 38.5 Å². The lowest BCUT2D eigenvalue weighted by Gasteiger charge is -2.15. The maximum atomic E-state index is 5.83. The first kappa shape index (κ1) is 14.3. The summed E-state index contributed by atoms with van der Waals surface area (Å²) in [6.07, 6.45) is 0. The molecule has 0 radical (unpaired) electrons. The molecular weight excluding hydrogens is 268 g/mol. The van der Waals surface area contributed by atoms with Crippen molar-refractivity contribution in [2.24, 2.45) is 5.73 Å². The van der Waals surface area contributed by atoms with Gasteiger partial charge in [0.15, 0.2) is 0 Å². The Morgan fingerprint density at radius 1 is 1.15 bits per heavy atom. The van der Waals surface area contributed by atoms with Crippen LogP contribution < -0.4 is 15.4 Å². The molecule has 3 nitrogen and oxygen atoms in total. The average Bonchev–Trinajstić information content (AvgIpc) is 2.45. The zero-order valence-corrected chi connectivity index (χ0v) is 12.5. The van der Waals surface area contributed by atoms with E-state index < -0.39 is 0 Å². The van der Waals surface area contributed by atoms with Gasteiger partial charge in [-0.3, -0.25) is 0 Å². The first-order valence-electron chi connectivity index (χ1n) is 6.36. The van der Waals surface area contributed by atoms with Crippen LogP contribution in [0.15, 0.2) is 48.5 Å². The van der Waals surface area contributed by atoms with Crippen LogP contribution in [0.5, 0.6) is 5.75 Å². The summed E-state index contributed by atoms with van der Waals surface area (Å²) in [5, 5.41) is 0. The first-order valence-corrected chi connectivity index (χ1v) is 6.76. The van der Waals surface area contributed by atoms with E-state index in [1.54, 1.807) is 0 Å². The fourth-order valence-corrected chi connectivity index (χ4v) is 2.10. The van der Waals surface area contributed by atoms with E-state index >= 15 is 0 Å². The van der Waals surface area contributed by atoms with Gasteiger partial charge in [0, 0.05) is 31.4 Å². The molecule has 20 heavy (non-hydrogen) atoms. The summed E-state index contributed by atoms with van der Waals surface area (Å²) in [6, 6.07) is 15.7. The second-order valence-corrected chi connectivity index (χ2v) is 5.14. The van der Waals surface area contributed by atoms with Crippen LogP contribution in [-0.4, -0.2) is 19.1 Å². The average molecular weight is 286 g/mol. The highest BCUT2D eigenvalue weighted by Crippen LogP contribution is 2.21. The van der Waals surface area contributed by atoms with Crippen LogP contribution in [0.25, 0.3) is 0 Å². The first-order chi connectivity index (χ1) is 9.58. The van der Waals surface area contributed by atoms with Gasteiger partial charge in [0.1, 0.15) is 17.3 Å². The highest BCUT2D eigenvalue weighted by Gasteiger charge is 2.05. The van der Waals surface area contributed by atoms with Crippen molar-refractivity contribution in [3.8, 4) is 5.75 Å². The Balaban J connectivity index is 2.13. The van der Waals surface area contributed by atoms with Crippen molar-refractivity contribution in [1.29, 1.82) is 0 Å². The standard InChI is InChI=1S/C16H18N2OS/c1-18(2)13-7-5-8-14(10-13)19-11-12-6-3-4-9-15(12)16(17)20/h3-10H,11H2,1-2H3,(H2,17,20). The molecule has 0 spiro atoms. The van der Waals surface area contributed by atoms with E-state index in [1.807, 2.05) is 67.5 Å². The Labute approximate surface area is 125 Å². The Hall–Kier alpha value is -2.07. The molecule has 0 fully saturated rings. The lowest BCUT2D eigenvalue weighted by Crippen LogP contribution is -2.13. The number of hydrogen-bond acceptors (Lipinski definition) is 3. The summed E-state index contributed by atoms with van der Waals surface area (Å²) in [5.74, 6) is 0.828. The molecule has 2 aromatic carbocycles. The Morgan fingerprint density at radius 3 is 2.60 bits per heavy atom. The molecule has 0 aromatic heterocycles. The summed E-state index contributed by atoms with van der Waals surface area (Å²) >= 11 is 5.05. The summed E-state index contributed by atoms with van der Waals surface area (Å²) in [4.78, 5) is 2.43. The van der Waals surface area contributed by atoms with Crippen LogP contribution in [0.2, 0.25) is 0 Å². The smallest absolute Gasteiger partial charge is 0.121 e. The molecule has 0 atom stereocenters. The molecular formula is C16H18N2OS. The molecule has 4 heteroatoms. The summed E-state index contributed by atoms with van der Waals surface area (Å²) in [7, 11) is 4.00. The zero-order chi connectivity index (χ0) is 14.5. The second-order valence-electron chi connectivity index (χ2n) is 4.70. The van der Waals surface area contributed by atoms with Gasteiger partial charge in [0.05, 0.1) is 0 Å². The third kappa shape index (κ3) is 3.48. The second kappa shape index (κ2) is 6.39. The van der Waals surface area contributed by atoms with E-state index in [0.29, 0.717) is 11.6 Å². The summed E-state index contributed by atoms with van der Waals surface area (Å²) in [5.41, 5.74) is 8.68. The summed E-state index contributed by atoms with van der Waals surface area (Å²) in [6.45, 7) is 0.449. The molecule has 0 bridgehead atoms. The van der Waals surface area contributed by atoms with Crippen molar-refractivity contribution < 1.29 is 4.74 Å². The third-order valence-corrected chi connectivity index (χ3v) is 3.23. The number of benzene rings is 2. The SMILES string of the molecule is CN(C)c1cccc(OCc2ccccc2C(N)=S)c1. The minimum Gasteiger partial charge on any atom is -0.489 e. The van der Waals surface area contributed by atoms with Crippen LogP contribution in [0.4, 0.5) is 5.69 Å². The highest BCUT2D eigenvalue weighted by atomic mass is 32.1. The molecule has 0 aliphatic carbocycles. The predicted octanol–water partition coefficient (Wildman–Crippen LogP) is 2.97. The quantitative estimate of drug-likeness (QED) is 0.858. The van der Waals surface area contributed by atoms with Crippen LogP contribution in [0.3, 0.4) is 0 Å². The number of thiocarbonyl (C=S) groups is 1. The van der Waals surface area contributed by atoms with Gasteiger partial charge < -0.3 is 15.4 Å². The van der Waals surface area contributed by atoms with Gasteiger partial charge in [0.25, 0.3) is 0 Å². The minimum absolute atomic E-state index is 0.395. The molecule has 0 aliphatic rings. The monoisotopic (exact) mass is 286 g/mol. The molecule has 0 aliphatic heterocycles. The van der Waals surface area contributed by atoms with Crippen molar-refractivity contribution in [1.82, 2.24) is 0 Å². The van der Waals surface area contributed by atoms with E-state index in [4.69, 9.17) is 22.7 Å². The van der Waals surface area contributed by atoms with Crippen molar-refractivity contribution in [2.45, 2.75) is 6.61 Å². The zero-order valence-electron chi connectivity index (χ0n) is 11.7. The van der Waals surface area contributed by atoms with E-state index in [2.05, 4.69) is 0 Å². The lowest BCUT2D eigenvalue weighted by molar-refractivity contribution is 0.306. The number of nitrogens with zero attached hydrogens (tertiary/aromatic N) is 1. The van der Waals surface area contributed by atoms with Crippen LogP contribution in [-0.2, 0) is 6.61 Å². The van der Waals surface area contributed by atoms with Gasteiger partial charge in [-0.2, -0.15) is 0 Å². The molecule has 0 unspecified atom stereocenters. The molecule has 2 rings (SSSR count). The highest BCUT2D eigenvalue weighted by molar-refractivity contribution is 7.80. The Morgan fingerprint density at radius 2 is 1.90 bits per heavy atom. The van der Waals surface area contributed by atoms with E-state index in [-0.39, 0.29) is 0 Å². The van der Waals surface area contributed by atoms with Crippen LogP contribution in [0.1, 0.15) is 11.1 Å². The fraction of sp³-hybridized carbons (Fsp3) is 0.188. The van der Waals surface area contributed by atoms with Crippen LogP contribution in [0, 0.1) is 0 Å². The molecule has 0 saturated heterocycles. The van der Waals surface area contributed by atoms with E-state index in [1.165, 1.54) is 0 Å². The van der Waals surface area contributed by atoms with Crippen LogP contribution >= 0.6 is 12.2 Å². The van der Waals surface area contributed by atoms with Gasteiger partial charge in [-0.1, -0.05) is 42.5 Å². The molecule has 0 saturated carbocycles. The fourth-order valence-electron chi connectivity index (χ4n) is 1.90. The maximum absolute atomic E-state index is 5.83. The normalized spacial score (nSPS) is 10.1. The third-order valence-electron chi connectivity index (χ3n) is 3.01. The Kier molecular flexibility index (Phi) is 4.58.